The van der Waals surface area contributed by atoms with Crippen molar-refractivity contribution in [2.45, 2.75) is 58.5 Å². The van der Waals surface area contributed by atoms with Gasteiger partial charge in [-0.1, -0.05) is 13.8 Å². The number of hydrogen-bond donors (Lipinski definition) is 1. The topological polar surface area (TPSA) is 32.3 Å². The van der Waals surface area contributed by atoms with Crippen LogP contribution >= 0.6 is 0 Å². The monoisotopic (exact) mass is 226 g/mol. The van der Waals surface area contributed by atoms with Gasteiger partial charge in [-0.15, -0.1) is 0 Å². The molecule has 1 aliphatic heterocycles. The maximum Gasteiger partial charge on any atom is 0.239 e. The minimum Gasteiger partial charge on any atom is -0.339 e. The normalized spacial score (nSPS) is 23.9. The van der Waals surface area contributed by atoms with Gasteiger partial charge >= 0.3 is 0 Å². The molecule has 3 heteroatoms. The highest BCUT2D eigenvalue weighted by atomic mass is 16.2. The maximum atomic E-state index is 12.1. The molecule has 0 radical (unpaired) electrons. The molecule has 0 aliphatic carbocycles. The molecule has 1 fully saturated rings. The lowest BCUT2D eigenvalue weighted by Crippen LogP contribution is -2.52. The van der Waals surface area contributed by atoms with Gasteiger partial charge in [0, 0.05) is 12.6 Å². The molecule has 1 aliphatic rings. The van der Waals surface area contributed by atoms with E-state index < -0.39 is 0 Å². The Balaban J connectivity index is 2.47. The molecular formula is C13H26N2O. The summed E-state index contributed by atoms with van der Waals surface area (Å²) in [5.41, 5.74) is 0. The van der Waals surface area contributed by atoms with Crippen LogP contribution in [0.25, 0.3) is 0 Å². The summed E-state index contributed by atoms with van der Waals surface area (Å²) in [7, 11) is 1.88. The highest BCUT2D eigenvalue weighted by Gasteiger charge is 2.30. The highest BCUT2D eigenvalue weighted by Crippen LogP contribution is 2.18. The predicted molar refractivity (Wildman–Crippen MR) is 67.3 cm³/mol. The molecule has 0 bridgehead atoms. The van der Waals surface area contributed by atoms with E-state index in [9.17, 15) is 4.79 Å². The maximum absolute atomic E-state index is 12.1. The third-order valence-electron chi connectivity index (χ3n) is 3.52. The number of amides is 1. The Morgan fingerprint density at radius 3 is 2.62 bits per heavy atom. The number of carbonyl (C=O) groups excluding carboxylic acids is 1. The first-order chi connectivity index (χ1) is 7.56. The molecular weight excluding hydrogens is 200 g/mol. The van der Waals surface area contributed by atoms with Crippen molar-refractivity contribution in [2.24, 2.45) is 5.92 Å². The zero-order chi connectivity index (χ0) is 12.1. The summed E-state index contributed by atoms with van der Waals surface area (Å²) in [5.74, 6) is 1.02. The second-order valence-electron chi connectivity index (χ2n) is 5.34. The number of carbonyl (C=O) groups is 1. The zero-order valence-corrected chi connectivity index (χ0v) is 11.1. The molecule has 1 saturated heterocycles. The van der Waals surface area contributed by atoms with E-state index in [1.54, 1.807) is 0 Å². The summed E-state index contributed by atoms with van der Waals surface area (Å²) in [5, 5.41) is 3.11. The lowest BCUT2D eigenvalue weighted by molar-refractivity contribution is -0.138. The molecule has 0 saturated carbocycles. The van der Waals surface area contributed by atoms with E-state index in [1.165, 1.54) is 6.42 Å². The predicted octanol–water partition coefficient (Wildman–Crippen LogP) is 2.02. The summed E-state index contributed by atoms with van der Waals surface area (Å²) in [6.45, 7) is 7.59. The highest BCUT2D eigenvalue weighted by molar-refractivity contribution is 5.82. The fourth-order valence-electron chi connectivity index (χ4n) is 2.34. The van der Waals surface area contributed by atoms with Crippen molar-refractivity contribution in [3.63, 3.8) is 0 Å². The van der Waals surface area contributed by atoms with Crippen LogP contribution in [0.5, 0.6) is 0 Å². The second kappa shape index (κ2) is 6.24. The summed E-state index contributed by atoms with van der Waals surface area (Å²) < 4.78 is 0. The Kier molecular flexibility index (Phi) is 5.26. The number of nitrogens with zero attached hydrogens (tertiary/aromatic N) is 1. The number of rotatable bonds is 5. The van der Waals surface area contributed by atoms with Gasteiger partial charge in [-0.2, -0.15) is 0 Å². The summed E-state index contributed by atoms with van der Waals surface area (Å²) in [6, 6.07) is 0.446. The van der Waals surface area contributed by atoms with E-state index in [1.807, 2.05) is 7.05 Å². The van der Waals surface area contributed by atoms with Gasteiger partial charge in [0.05, 0.1) is 6.04 Å². The smallest absolute Gasteiger partial charge is 0.239 e. The summed E-state index contributed by atoms with van der Waals surface area (Å²) in [4.78, 5) is 14.2. The van der Waals surface area contributed by atoms with Crippen molar-refractivity contribution >= 4 is 5.91 Å². The number of hydrogen-bond acceptors (Lipinski definition) is 2. The van der Waals surface area contributed by atoms with Crippen LogP contribution in [-0.2, 0) is 4.79 Å². The number of likely N-dealkylation sites (tertiary alicyclic amines) is 1. The molecule has 94 valence electrons. The third kappa shape index (κ3) is 3.48. The fourth-order valence-corrected chi connectivity index (χ4v) is 2.34. The Morgan fingerprint density at radius 2 is 2.06 bits per heavy atom. The van der Waals surface area contributed by atoms with Gasteiger partial charge in [0.2, 0.25) is 5.91 Å². The number of piperidine rings is 1. The second-order valence-corrected chi connectivity index (χ2v) is 5.34. The molecule has 0 aromatic rings. The SMILES string of the molecule is CNC1CCCN(C(C)CCC(C)C)C1=O. The Labute approximate surface area is 99.6 Å². The van der Waals surface area contributed by atoms with Gasteiger partial charge in [0.1, 0.15) is 0 Å². The Morgan fingerprint density at radius 1 is 1.38 bits per heavy atom. The molecule has 1 N–H and O–H groups in total. The Hall–Kier alpha value is -0.570. The van der Waals surface area contributed by atoms with E-state index in [-0.39, 0.29) is 6.04 Å². The van der Waals surface area contributed by atoms with Crippen molar-refractivity contribution < 1.29 is 4.79 Å². The van der Waals surface area contributed by atoms with Crippen molar-refractivity contribution in [3.8, 4) is 0 Å². The van der Waals surface area contributed by atoms with Crippen LogP contribution in [0, 0.1) is 5.92 Å². The lowest BCUT2D eigenvalue weighted by Gasteiger charge is -2.36. The minimum absolute atomic E-state index is 0.0512. The first-order valence-corrected chi connectivity index (χ1v) is 6.54. The van der Waals surface area contributed by atoms with Crippen LogP contribution in [0.15, 0.2) is 0 Å². The van der Waals surface area contributed by atoms with Gasteiger partial charge < -0.3 is 10.2 Å². The third-order valence-corrected chi connectivity index (χ3v) is 3.52. The largest absolute Gasteiger partial charge is 0.339 e. The summed E-state index contributed by atoms with van der Waals surface area (Å²) in [6.07, 6.45) is 4.45. The standard InChI is InChI=1S/C13H26N2O/c1-10(2)7-8-11(3)15-9-5-6-12(14-4)13(15)16/h10-12,14H,5-9H2,1-4H3. The quantitative estimate of drug-likeness (QED) is 0.778. The van der Waals surface area contributed by atoms with Crippen LogP contribution in [0.3, 0.4) is 0 Å². The zero-order valence-electron chi connectivity index (χ0n) is 11.1. The van der Waals surface area contributed by atoms with Crippen LogP contribution in [0.1, 0.15) is 46.5 Å². The van der Waals surface area contributed by atoms with Crippen LogP contribution < -0.4 is 5.32 Å². The Bertz CT molecular complexity index is 228. The van der Waals surface area contributed by atoms with Crippen molar-refractivity contribution in [1.82, 2.24) is 10.2 Å². The van der Waals surface area contributed by atoms with Crippen LogP contribution in [-0.4, -0.2) is 36.5 Å². The van der Waals surface area contributed by atoms with E-state index in [2.05, 4.69) is 31.0 Å². The van der Waals surface area contributed by atoms with Crippen LogP contribution in [0.4, 0.5) is 0 Å². The lowest BCUT2D eigenvalue weighted by atomic mass is 9.99. The molecule has 1 rings (SSSR count). The first kappa shape index (κ1) is 13.5. The molecule has 1 heterocycles. The molecule has 0 aromatic heterocycles. The van der Waals surface area contributed by atoms with E-state index in [0.717, 1.165) is 31.7 Å². The molecule has 3 nitrogen and oxygen atoms in total. The molecule has 2 unspecified atom stereocenters. The average molecular weight is 226 g/mol. The van der Waals surface area contributed by atoms with E-state index in [0.29, 0.717) is 11.9 Å². The van der Waals surface area contributed by atoms with E-state index in [4.69, 9.17) is 0 Å². The molecule has 0 aromatic carbocycles. The van der Waals surface area contributed by atoms with Gasteiger partial charge in [-0.3, -0.25) is 4.79 Å². The van der Waals surface area contributed by atoms with Crippen molar-refractivity contribution in [3.05, 3.63) is 0 Å². The summed E-state index contributed by atoms with van der Waals surface area (Å²) >= 11 is 0. The van der Waals surface area contributed by atoms with Gasteiger partial charge in [0.25, 0.3) is 0 Å². The molecule has 2 atom stereocenters. The number of nitrogens with one attached hydrogen (secondary N) is 1. The fraction of sp³-hybridized carbons (Fsp3) is 0.923. The van der Waals surface area contributed by atoms with Crippen molar-refractivity contribution in [1.29, 1.82) is 0 Å². The molecule has 1 amide bonds. The number of likely N-dealkylation sites (N-methyl/N-ethyl adjacent to an activating group) is 1. The van der Waals surface area contributed by atoms with Gasteiger partial charge in [-0.25, -0.2) is 0 Å². The first-order valence-electron chi connectivity index (χ1n) is 6.54. The molecule has 16 heavy (non-hydrogen) atoms. The minimum atomic E-state index is 0.0512. The average Bonchev–Trinajstić information content (AvgIpc) is 2.26. The molecule has 0 spiro atoms. The van der Waals surface area contributed by atoms with Crippen molar-refractivity contribution in [2.75, 3.05) is 13.6 Å². The van der Waals surface area contributed by atoms with Gasteiger partial charge in [0.15, 0.2) is 0 Å². The van der Waals surface area contributed by atoms with Crippen LogP contribution in [0.2, 0.25) is 0 Å². The van der Waals surface area contributed by atoms with E-state index >= 15 is 0 Å². The van der Waals surface area contributed by atoms with Gasteiger partial charge in [-0.05, 0) is 45.6 Å².